The molecule has 0 amide bonds. The number of rotatable bonds is 11. The van der Waals surface area contributed by atoms with E-state index in [1.807, 2.05) is 0 Å². The fourth-order valence-corrected chi connectivity index (χ4v) is 11.7. The molecular weight excluding hydrogens is 692 g/mol. The quantitative estimate of drug-likeness (QED) is 0.124. The van der Waals surface area contributed by atoms with Gasteiger partial charge >= 0.3 is 0 Å². The summed E-state index contributed by atoms with van der Waals surface area (Å²) < 4.78 is 24.8. The van der Waals surface area contributed by atoms with E-state index in [9.17, 15) is 51.1 Å². The van der Waals surface area contributed by atoms with Crippen molar-refractivity contribution in [2.75, 3.05) is 13.2 Å². The molecule has 2 saturated heterocycles. The number of aliphatic hydroxyl groups excluding tert-OH is 10. The first-order chi connectivity index (χ1) is 25.0. The summed E-state index contributed by atoms with van der Waals surface area (Å²) in [6, 6.07) is 0. The molecule has 53 heavy (non-hydrogen) atoms. The standard InChI is InChI=1S/C39H66O14/c1-17(2)6-9-24(43)18(3)29-25(50-36-34(48)32(46)30(44)26(15-40)51-36)14-23-21-8-7-19-12-20(42)13-28(39(19,5)22(21)10-11-38(23,29)4)53-37-35(49)33(47)31(45)27(16-41)52-37/h7,17-18,20-37,40-49H,6,8-16H2,1-5H3/t18-,20-,21-,22?,23?,24+,25+,26?,27?,28-,29+,30?,31?,32?,33?,34?,35?,36?,37?,38+,39+/m1/s1. The molecule has 6 rings (SSSR count). The van der Waals surface area contributed by atoms with E-state index in [1.54, 1.807) is 0 Å². The van der Waals surface area contributed by atoms with E-state index in [2.05, 4.69) is 40.7 Å². The van der Waals surface area contributed by atoms with Gasteiger partial charge in [-0.15, -0.1) is 0 Å². The molecule has 12 unspecified atom stereocenters. The van der Waals surface area contributed by atoms with Crippen LogP contribution in [0.25, 0.3) is 0 Å². The van der Waals surface area contributed by atoms with Gasteiger partial charge in [0.25, 0.3) is 0 Å². The monoisotopic (exact) mass is 758 g/mol. The normalized spacial score (nSPS) is 51.2. The van der Waals surface area contributed by atoms with Crippen LogP contribution in [-0.2, 0) is 18.9 Å². The third-order valence-electron chi connectivity index (χ3n) is 14.7. The van der Waals surface area contributed by atoms with Crippen molar-refractivity contribution in [2.24, 2.45) is 46.3 Å². The molecule has 14 nitrogen and oxygen atoms in total. The smallest absolute Gasteiger partial charge is 0.187 e. The maximum Gasteiger partial charge on any atom is 0.187 e. The molecule has 10 N–H and O–H groups in total. The van der Waals surface area contributed by atoms with Crippen LogP contribution < -0.4 is 0 Å². The van der Waals surface area contributed by atoms with Crippen LogP contribution in [0, 0.1) is 46.3 Å². The van der Waals surface area contributed by atoms with Gasteiger partial charge in [-0.05, 0) is 85.9 Å². The predicted molar refractivity (Wildman–Crippen MR) is 188 cm³/mol. The second kappa shape index (κ2) is 16.2. The van der Waals surface area contributed by atoms with Crippen molar-refractivity contribution in [3.05, 3.63) is 11.6 Å². The van der Waals surface area contributed by atoms with E-state index < -0.39 is 104 Å². The topological polar surface area (TPSA) is 239 Å². The minimum atomic E-state index is -1.59. The van der Waals surface area contributed by atoms with Crippen LogP contribution in [0.4, 0.5) is 0 Å². The Morgan fingerprint density at radius 1 is 0.774 bits per heavy atom. The number of ether oxygens (including phenoxy) is 4. The molecule has 0 aromatic heterocycles. The zero-order valence-electron chi connectivity index (χ0n) is 31.8. The first kappa shape index (κ1) is 41.8. The van der Waals surface area contributed by atoms with Crippen molar-refractivity contribution in [1.29, 1.82) is 0 Å². The number of fused-ring (bicyclic) bond motifs is 5. The summed E-state index contributed by atoms with van der Waals surface area (Å²) in [6.07, 6.45) is -9.27. The molecule has 2 heterocycles. The average molecular weight is 759 g/mol. The van der Waals surface area contributed by atoms with Crippen molar-refractivity contribution in [3.8, 4) is 0 Å². The second-order valence-electron chi connectivity index (χ2n) is 18.1. The molecule has 4 aliphatic carbocycles. The molecule has 0 radical (unpaired) electrons. The van der Waals surface area contributed by atoms with Crippen molar-refractivity contribution >= 4 is 0 Å². The van der Waals surface area contributed by atoms with E-state index in [1.165, 1.54) is 0 Å². The van der Waals surface area contributed by atoms with Crippen LogP contribution in [0.15, 0.2) is 11.6 Å². The molecule has 3 saturated carbocycles. The highest BCUT2D eigenvalue weighted by molar-refractivity contribution is 5.28. The van der Waals surface area contributed by atoms with Gasteiger partial charge in [0.1, 0.15) is 48.8 Å². The molecule has 0 aromatic rings. The van der Waals surface area contributed by atoms with Crippen LogP contribution in [-0.4, -0.2) is 150 Å². The molecule has 306 valence electrons. The molecule has 5 fully saturated rings. The Balaban J connectivity index is 1.31. The molecule has 0 aromatic carbocycles. The fourth-order valence-electron chi connectivity index (χ4n) is 11.7. The summed E-state index contributed by atoms with van der Waals surface area (Å²) in [5, 5.41) is 106. The van der Waals surface area contributed by atoms with E-state index in [4.69, 9.17) is 18.9 Å². The Bertz CT molecular complexity index is 1260. The SMILES string of the molecule is CC(C)CC[C@H](O)[C@@H](C)[C@H]1[C@@H](OC2OC(CO)C(O)C(O)C2O)CC2[C@@H]3CC=C4C[C@@H](O)C[C@@H](OC5OC(CO)C(O)C(O)C5O)[C@]4(C)C3CC[C@@]21C. The maximum atomic E-state index is 11.6. The predicted octanol–water partition coefficient (Wildman–Crippen LogP) is -0.0505. The Hall–Kier alpha value is -0.820. The Labute approximate surface area is 312 Å². The fraction of sp³-hybridized carbons (Fsp3) is 0.949. The Kier molecular flexibility index (Phi) is 12.8. The van der Waals surface area contributed by atoms with Gasteiger partial charge in [0.05, 0.1) is 37.6 Å². The second-order valence-corrected chi connectivity index (χ2v) is 18.1. The van der Waals surface area contributed by atoms with Crippen LogP contribution in [0.3, 0.4) is 0 Å². The van der Waals surface area contributed by atoms with Crippen LogP contribution in [0.5, 0.6) is 0 Å². The van der Waals surface area contributed by atoms with E-state index >= 15 is 0 Å². The Morgan fingerprint density at radius 2 is 1.36 bits per heavy atom. The lowest BCUT2D eigenvalue weighted by Crippen LogP contribution is -2.62. The van der Waals surface area contributed by atoms with Gasteiger partial charge in [0.2, 0.25) is 0 Å². The molecule has 21 atom stereocenters. The van der Waals surface area contributed by atoms with Crippen molar-refractivity contribution < 1.29 is 70.0 Å². The van der Waals surface area contributed by atoms with Crippen molar-refractivity contribution in [1.82, 2.24) is 0 Å². The van der Waals surface area contributed by atoms with E-state index in [-0.39, 0.29) is 41.4 Å². The zero-order valence-corrected chi connectivity index (χ0v) is 31.8. The molecule has 0 spiro atoms. The number of allylic oxidation sites excluding steroid dienone is 1. The van der Waals surface area contributed by atoms with Gasteiger partial charge < -0.3 is 70.0 Å². The summed E-state index contributed by atoms with van der Waals surface area (Å²) in [7, 11) is 0. The average Bonchev–Trinajstić information content (AvgIpc) is 3.42. The van der Waals surface area contributed by atoms with Crippen LogP contribution in [0.1, 0.15) is 86.0 Å². The first-order valence-corrected chi connectivity index (χ1v) is 19.9. The summed E-state index contributed by atoms with van der Waals surface area (Å²) in [4.78, 5) is 0. The molecular formula is C39H66O14. The number of hydrogen-bond donors (Lipinski definition) is 10. The maximum absolute atomic E-state index is 11.6. The van der Waals surface area contributed by atoms with Gasteiger partial charge in [-0.25, -0.2) is 0 Å². The third kappa shape index (κ3) is 7.42. The van der Waals surface area contributed by atoms with Crippen molar-refractivity contribution in [2.45, 2.75) is 172 Å². The lowest BCUT2D eigenvalue weighted by Gasteiger charge is -2.60. The number of aliphatic hydroxyl groups is 10. The first-order valence-electron chi connectivity index (χ1n) is 19.9. The summed E-state index contributed by atoms with van der Waals surface area (Å²) in [5.41, 5.74) is 0.176. The minimum Gasteiger partial charge on any atom is -0.394 e. The lowest BCUT2D eigenvalue weighted by atomic mass is 9.46. The summed E-state index contributed by atoms with van der Waals surface area (Å²) >= 11 is 0. The highest BCUT2D eigenvalue weighted by atomic mass is 16.7. The van der Waals surface area contributed by atoms with Crippen LogP contribution in [0.2, 0.25) is 0 Å². The minimum absolute atomic E-state index is 0.0794. The number of hydrogen-bond acceptors (Lipinski definition) is 14. The molecule has 2 aliphatic heterocycles. The van der Waals surface area contributed by atoms with Gasteiger partial charge in [-0.2, -0.15) is 0 Å². The lowest BCUT2D eigenvalue weighted by molar-refractivity contribution is -0.324. The van der Waals surface area contributed by atoms with E-state index in [0.29, 0.717) is 25.2 Å². The van der Waals surface area contributed by atoms with Crippen LogP contribution >= 0.6 is 0 Å². The zero-order chi connectivity index (χ0) is 38.7. The summed E-state index contributed by atoms with van der Waals surface area (Å²) in [5.74, 6) is 0.371. The molecule has 0 bridgehead atoms. The van der Waals surface area contributed by atoms with E-state index in [0.717, 1.165) is 31.3 Å². The largest absolute Gasteiger partial charge is 0.394 e. The van der Waals surface area contributed by atoms with Gasteiger partial charge in [-0.1, -0.05) is 46.3 Å². The highest BCUT2D eigenvalue weighted by Crippen LogP contribution is 2.68. The van der Waals surface area contributed by atoms with Crippen molar-refractivity contribution in [3.63, 3.8) is 0 Å². The highest BCUT2D eigenvalue weighted by Gasteiger charge is 2.65. The summed E-state index contributed by atoms with van der Waals surface area (Å²) in [6.45, 7) is 9.58. The third-order valence-corrected chi connectivity index (χ3v) is 14.7. The Morgan fingerprint density at radius 3 is 1.92 bits per heavy atom. The van der Waals surface area contributed by atoms with Gasteiger partial charge in [-0.3, -0.25) is 0 Å². The molecule has 14 heteroatoms. The van der Waals surface area contributed by atoms with Gasteiger partial charge in [0.15, 0.2) is 12.6 Å². The van der Waals surface area contributed by atoms with Gasteiger partial charge in [0, 0.05) is 11.8 Å². The molecule has 6 aliphatic rings.